The second-order valence-corrected chi connectivity index (χ2v) is 5.22. The molecule has 1 aromatic rings. The van der Waals surface area contributed by atoms with E-state index < -0.39 is 11.9 Å². The molecule has 8 heteroatoms. The van der Waals surface area contributed by atoms with Crippen LogP contribution in [0.3, 0.4) is 0 Å². The Labute approximate surface area is 126 Å². The van der Waals surface area contributed by atoms with Crippen molar-refractivity contribution in [3.63, 3.8) is 0 Å². The van der Waals surface area contributed by atoms with E-state index in [0.717, 1.165) is 12.5 Å². The van der Waals surface area contributed by atoms with Gasteiger partial charge in [-0.05, 0) is 18.6 Å². The van der Waals surface area contributed by atoms with Crippen LogP contribution in [0.4, 0.5) is 19.0 Å². The summed E-state index contributed by atoms with van der Waals surface area (Å²) in [4.78, 5) is 5.52. The monoisotopic (exact) mass is 319 g/mol. The lowest BCUT2D eigenvalue weighted by molar-refractivity contribution is -0.141. The van der Waals surface area contributed by atoms with Crippen molar-refractivity contribution in [3.8, 4) is 0 Å². The fourth-order valence-corrected chi connectivity index (χ4v) is 2.36. The number of aromatic nitrogens is 1. The molecule has 0 spiro atoms. The molecule has 1 fully saturated rings. The van der Waals surface area contributed by atoms with Gasteiger partial charge in [-0.1, -0.05) is 19.1 Å². The maximum Gasteiger partial charge on any atom is 0.433 e. The number of thiocarbonyl (C=S) groups is 1. The third-order valence-corrected chi connectivity index (χ3v) is 3.54. The van der Waals surface area contributed by atoms with Crippen molar-refractivity contribution in [2.75, 3.05) is 24.6 Å². The zero-order valence-electron chi connectivity index (χ0n) is 11.5. The number of hydrogen-bond donors (Lipinski definition) is 1. The Bertz CT molecular complexity index is 536. The molecule has 1 unspecified atom stereocenters. The standard InChI is InChI=1S/C13H16F3N3OS/c1-2-8-7-19(5-6-20-8)12-9(11(17)21)3-4-10(18-12)13(14,15)16/h3-4,8H,2,5-7H2,1H3,(H2,17,21). The summed E-state index contributed by atoms with van der Waals surface area (Å²) in [6.45, 7) is 3.33. The molecular formula is C13H16F3N3OS. The first kappa shape index (κ1) is 16.0. The third-order valence-electron chi connectivity index (χ3n) is 3.32. The maximum absolute atomic E-state index is 12.8. The van der Waals surface area contributed by atoms with Gasteiger partial charge in [0.05, 0.1) is 18.3 Å². The van der Waals surface area contributed by atoms with Gasteiger partial charge < -0.3 is 15.4 Å². The number of morpholine rings is 1. The molecule has 0 aliphatic carbocycles. The summed E-state index contributed by atoms with van der Waals surface area (Å²) < 4.78 is 44.0. The number of anilines is 1. The molecule has 1 aliphatic heterocycles. The van der Waals surface area contributed by atoms with Gasteiger partial charge in [0.25, 0.3) is 0 Å². The second kappa shape index (κ2) is 6.15. The molecule has 1 aliphatic rings. The van der Waals surface area contributed by atoms with Crippen LogP contribution in [0.5, 0.6) is 0 Å². The van der Waals surface area contributed by atoms with Crippen LogP contribution < -0.4 is 10.6 Å². The summed E-state index contributed by atoms with van der Waals surface area (Å²) in [6.07, 6.45) is -3.76. The highest BCUT2D eigenvalue weighted by atomic mass is 32.1. The fourth-order valence-electron chi connectivity index (χ4n) is 2.20. The Hall–Kier alpha value is -1.41. The molecule has 4 nitrogen and oxygen atoms in total. The molecule has 1 aromatic heterocycles. The minimum absolute atomic E-state index is 0.0331. The minimum Gasteiger partial charge on any atom is -0.389 e. The van der Waals surface area contributed by atoms with Gasteiger partial charge in [0.2, 0.25) is 0 Å². The predicted molar refractivity (Wildman–Crippen MR) is 77.4 cm³/mol. The van der Waals surface area contributed by atoms with Gasteiger partial charge >= 0.3 is 6.18 Å². The molecule has 0 amide bonds. The first-order valence-corrected chi connectivity index (χ1v) is 6.98. The summed E-state index contributed by atoms with van der Waals surface area (Å²) in [5.41, 5.74) is 5.01. The summed E-state index contributed by atoms with van der Waals surface area (Å²) in [7, 11) is 0. The van der Waals surface area contributed by atoms with Crippen molar-refractivity contribution in [3.05, 3.63) is 23.4 Å². The van der Waals surface area contributed by atoms with E-state index >= 15 is 0 Å². The zero-order chi connectivity index (χ0) is 15.6. The molecule has 2 N–H and O–H groups in total. The molecule has 0 radical (unpaired) electrons. The Morgan fingerprint density at radius 3 is 2.81 bits per heavy atom. The number of rotatable bonds is 3. The van der Waals surface area contributed by atoms with E-state index in [1.54, 1.807) is 4.90 Å². The van der Waals surface area contributed by atoms with E-state index in [-0.39, 0.29) is 16.9 Å². The molecule has 116 valence electrons. The molecule has 0 aromatic carbocycles. The molecule has 2 heterocycles. The van der Waals surface area contributed by atoms with E-state index in [9.17, 15) is 13.2 Å². The molecule has 21 heavy (non-hydrogen) atoms. The summed E-state index contributed by atoms with van der Waals surface area (Å²) >= 11 is 4.91. The van der Waals surface area contributed by atoms with Crippen molar-refractivity contribution in [2.45, 2.75) is 25.6 Å². The number of hydrogen-bond acceptors (Lipinski definition) is 4. The van der Waals surface area contributed by atoms with Crippen LogP contribution in [-0.2, 0) is 10.9 Å². The molecule has 2 rings (SSSR count). The average molecular weight is 319 g/mol. The molecule has 0 bridgehead atoms. The summed E-state index contributed by atoms with van der Waals surface area (Å²) in [5, 5.41) is 0. The van der Waals surface area contributed by atoms with Crippen LogP contribution in [0, 0.1) is 0 Å². The minimum atomic E-state index is -4.50. The Morgan fingerprint density at radius 2 is 2.24 bits per heavy atom. The lowest BCUT2D eigenvalue weighted by atomic mass is 10.1. The van der Waals surface area contributed by atoms with Crippen LogP contribution in [0.25, 0.3) is 0 Å². The normalized spacial score (nSPS) is 19.6. The van der Waals surface area contributed by atoms with Crippen molar-refractivity contribution >= 4 is 23.0 Å². The zero-order valence-corrected chi connectivity index (χ0v) is 12.3. The Balaban J connectivity index is 2.41. The van der Waals surface area contributed by atoms with Crippen LogP contribution in [-0.4, -0.2) is 35.8 Å². The van der Waals surface area contributed by atoms with E-state index in [1.807, 2.05) is 6.92 Å². The molecule has 1 atom stereocenters. The van der Waals surface area contributed by atoms with Crippen LogP contribution >= 0.6 is 12.2 Å². The second-order valence-electron chi connectivity index (χ2n) is 4.78. The topological polar surface area (TPSA) is 51.4 Å². The molecule has 1 saturated heterocycles. The summed E-state index contributed by atoms with van der Waals surface area (Å²) in [5.74, 6) is 0.180. The van der Waals surface area contributed by atoms with Crippen molar-refractivity contribution < 1.29 is 17.9 Å². The van der Waals surface area contributed by atoms with E-state index in [1.165, 1.54) is 6.07 Å². The van der Waals surface area contributed by atoms with E-state index in [4.69, 9.17) is 22.7 Å². The van der Waals surface area contributed by atoms with E-state index in [2.05, 4.69) is 4.98 Å². The third kappa shape index (κ3) is 3.62. The lowest BCUT2D eigenvalue weighted by Gasteiger charge is -2.34. The van der Waals surface area contributed by atoms with E-state index in [0.29, 0.717) is 25.3 Å². The largest absolute Gasteiger partial charge is 0.433 e. The highest BCUT2D eigenvalue weighted by molar-refractivity contribution is 7.80. The maximum atomic E-state index is 12.8. The van der Waals surface area contributed by atoms with Gasteiger partial charge in [0.15, 0.2) is 0 Å². The average Bonchev–Trinajstić information content (AvgIpc) is 2.45. The first-order valence-electron chi connectivity index (χ1n) is 6.57. The van der Waals surface area contributed by atoms with Gasteiger partial charge in [-0.25, -0.2) is 4.98 Å². The lowest BCUT2D eigenvalue weighted by Crippen LogP contribution is -2.43. The molecule has 0 saturated carbocycles. The first-order chi connectivity index (χ1) is 9.82. The van der Waals surface area contributed by atoms with Crippen molar-refractivity contribution in [1.29, 1.82) is 0 Å². The Kier molecular flexibility index (Phi) is 4.67. The number of halogens is 3. The van der Waals surface area contributed by atoms with Crippen molar-refractivity contribution in [2.24, 2.45) is 5.73 Å². The van der Waals surface area contributed by atoms with Crippen molar-refractivity contribution in [1.82, 2.24) is 4.98 Å². The van der Waals surface area contributed by atoms with Gasteiger partial charge in [-0.2, -0.15) is 13.2 Å². The van der Waals surface area contributed by atoms with Crippen LogP contribution in [0.15, 0.2) is 12.1 Å². The smallest absolute Gasteiger partial charge is 0.389 e. The molecular weight excluding hydrogens is 303 g/mol. The van der Waals surface area contributed by atoms with Gasteiger partial charge in [0, 0.05) is 13.1 Å². The number of pyridine rings is 1. The van der Waals surface area contributed by atoms with Gasteiger partial charge in [0.1, 0.15) is 16.5 Å². The van der Waals surface area contributed by atoms with Gasteiger partial charge in [-0.3, -0.25) is 0 Å². The highest BCUT2D eigenvalue weighted by Gasteiger charge is 2.34. The number of alkyl halides is 3. The Morgan fingerprint density at radius 1 is 1.52 bits per heavy atom. The number of ether oxygens (including phenoxy) is 1. The fraction of sp³-hybridized carbons (Fsp3) is 0.538. The summed E-state index contributed by atoms with van der Waals surface area (Å²) in [6, 6.07) is 2.18. The SMILES string of the molecule is CCC1CN(c2nc(C(F)(F)F)ccc2C(N)=S)CCO1. The van der Waals surface area contributed by atoms with Gasteiger partial charge in [-0.15, -0.1) is 0 Å². The number of nitrogens with zero attached hydrogens (tertiary/aromatic N) is 2. The van der Waals surface area contributed by atoms with Crippen LogP contribution in [0.2, 0.25) is 0 Å². The van der Waals surface area contributed by atoms with Crippen LogP contribution in [0.1, 0.15) is 24.6 Å². The highest BCUT2D eigenvalue weighted by Crippen LogP contribution is 2.31. The number of nitrogens with two attached hydrogens (primary N) is 1. The quantitative estimate of drug-likeness (QED) is 0.867. The predicted octanol–water partition coefficient (Wildman–Crippen LogP) is 2.35.